The van der Waals surface area contributed by atoms with Crippen LogP contribution in [0.4, 0.5) is 10.5 Å². The standard InChI is InChI=1S/C19H17BrClN3O2/c1-23(2)17-8-5-13(9-15(17)20)10-16-18(25)24(19(26)22-16)11-12-3-6-14(21)7-4-12/h3-10H,11H2,1-2H3,(H,22,26)/b16-10-. The van der Waals surface area contributed by atoms with Gasteiger partial charge >= 0.3 is 6.03 Å². The average molecular weight is 435 g/mol. The molecular weight excluding hydrogens is 418 g/mol. The van der Waals surface area contributed by atoms with Crippen molar-refractivity contribution in [3.05, 3.63) is 68.8 Å². The zero-order valence-corrected chi connectivity index (χ0v) is 16.6. The maximum atomic E-state index is 12.6. The maximum absolute atomic E-state index is 12.6. The van der Waals surface area contributed by atoms with Crippen LogP contribution in [0.25, 0.3) is 6.08 Å². The summed E-state index contributed by atoms with van der Waals surface area (Å²) in [6.07, 6.45) is 1.67. The van der Waals surface area contributed by atoms with E-state index in [0.29, 0.717) is 5.02 Å². The van der Waals surface area contributed by atoms with E-state index in [2.05, 4.69) is 21.2 Å². The molecule has 26 heavy (non-hydrogen) atoms. The van der Waals surface area contributed by atoms with Crippen molar-refractivity contribution in [3.8, 4) is 0 Å². The van der Waals surface area contributed by atoms with Crippen molar-refractivity contribution in [1.29, 1.82) is 0 Å². The van der Waals surface area contributed by atoms with Crippen LogP contribution >= 0.6 is 27.5 Å². The molecule has 2 aromatic rings. The Morgan fingerprint density at radius 2 is 1.85 bits per heavy atom. The molecule has 5 nitrogen and oxygen atoms in total. The van der Waals surface area contributed by atoms with E-state index in [1.54, 1.807) is 30.3 Å². The molecule has 1 aliphatic heterocycles. The summed E-state index contributed by atoms with van der Waals surface area (Å²) >= 11 is 9.39. The molecule has 1 fully saturated rings. The Morgan fingerprint density at radius 3 is 2.46 bits per heavy atom. The first-order chi connectivity index (χ1) is 12.3. The molecule has 3 rings (SSSR count). The van der Waals surface area contributed by atoms with Crippen molar-refractivity contribution in [2.45, 2.75) is 6.54 Å². The fourth-order valence-corrected chi connectivity index (χ4v) is 3.51. The van der Waals surface area contributed by atoms with E-state index >= 15 is 0 Å². The number of imide groups is 1. The Labute approximate surface area is 165 Å². The van der Waals surface area contributed by atoms with Crippen molar-refractivity contribution in [3.63, 3.8) is 0 Å². The van der Waals surface area contributed by atoms with Gasteiger partial charge in [0.1, 0.15) is 5.70 Å². The second-order valence-corrected chi connectivity index (χ2v) is 7.40. The molecule has 0 unspecified atom stereocenters. The number of carbonyl (C=O) groups is 2. The Hall–Kier alpha value is -2.31. The van der Waals surface area contributed by atoms with Gasteiger partial charge in [0, 0.05) is 23.6 Å². The van der Waals surface area contributed by atoms with Gasteiger partial charge < -0.3 is 10.2 Å². The van der Waals surface area contributed by atoms with E-state index in [0.717, 1.165) is 21.3 Å². The summed E-state index contributed by atoms with van der Waals surface area (Å²) in [5.74, 6) is -0.349. The van der Waals surface area contributed by atoms with E-state index in [1.165, 1.54) is 4.90 Å². The summed E-state index contributed by atoms with van der Waals surface area (Å²) in [5.41, 5.74) is 2.93. The van der Waals surface area contributed by atoms with Gasteiger partial charge in [-0.05, 0) is 57.4 Å². The summed E-state index contributed by atoms with van der Waals surface area (Å²) in [5, 5.41) is 3.25. The Kier molecular flexibility index (Phi) is 5.34. The second-order valence-electron chi connectivity index (χ2n) is 6.11. The molecule has 7 heteroatoms. The first kappa shape index (κ1) is 18.5. The van der Waals surface area contributed by atoms with E-state index in [1.807, 2.05) is 37.2 Å². The molecule has 0 atom stereocenters. The van der Waals surface area contributed by atoms with Crippen LogP contribution in [0.15, 0.2) is 52.6 Å². The number of carbonyl (C=O) groups excluding carboxylic acids is 2. The number of nitrogens with zero attached hydrogens (tertiary/aromatic N) is 2. The van der Waals surface area contributed by atoms with Gasteiger partial charge in [0.05, 0.1) is 12.2 Å². The topological polar surface area (TPSA) is 52.7 Å². The molecule has 1 N–H and O–H groups in total. The minimum Gasteiger partial charge on any atom is -0.377 e. The number of amides is 3. The fraction of sp³-hybridized carbons (Fsp3) is 0.158. The van der Waals surface area contributed by atoms with Gasteiger partial charge in [0.15, 0.2) is 0 Å². The molecule has 0 spiro atoms. The van der Waals surface area contributed by atoms with Crippen LogP contribution in [-0.4, -0.2) is 30.9 Å². The molecule has 0 aromatic heterocycles. The minimum atomic E-state index is -0.430. The SMILES string of the molecule is CN(C)c1ccc(/C=C2\NC(=O)N(Cc3ccc(Cl)cc3)C2=O)cc1Br. The molecular formula is C19H17BrClN3O2. The summed E-state index contributed by atoms with van der Waals surface area (Å²) in [4.78, 5) is 27.9. The van der Waals surface area contributed by atoms with Crippen molar-refractivity contribution in [2.24, 2.45) is 0 Å². The third-order valence-corrected chi connectivity index (χ3v) is 4.87. The van der Waals surface area contributed by atoms with Crippen molar-refractivity contribution < 1.29 is 9.59 Å². The Balaban J connectivity index is 1.80. The highest BCUT2D eigenvalue weighted by Gasteiger charge is 2.33. The molecule has 0 saturated carbocycles. The fourth-order valence-electron chi connectivity index (χ4n) is 2.63. The molecule has 0 aliphatic carbocycles. The predicted octanol–water partition coefficient (Wildman–Crippen LogP) is 4.26. The van der Waals surface area contributed by atoms with Crippen molar-refractivity contribution in [1.82, 2.24) is 10.2 Å². The number of urea groups is 1. The monoisotopic (exact) mass is 433 g/mol. The summed E-state index contributed by atoms with van der Waals surface area (Å²) < 4.78 is 0.909. The lowest BCUT2D eigenvalue weighted by Gasteiger charge is -2.14. The van der Waals surface area contributed by atoms with E-state index in [9.17, 15) is 9.59 Å². The second kappa shape index (κ2) is 7.51. The van der Waals surface area contributed by atoms with Crippen LogP contribution in [0.1, 0.15) is 11.1 Å². The molecule has 134 valence electrons. The van der Waals surface area contributed by atoms with Gasteiger partial charge in [-0.2, -0.15) is 0 Å². The summed E-state index contributed by atoms with van der Waals surface area (Å²) in [6, 6.07) is 12.4. The molecule has 1 saturated heterocycles. The van der Waals surface area contributed by atoms with E-state index in [-0.39, 0.29) is 18.1 Å². The minimum absolute atomic E-state index is 0.197. The normalized spacial score (nSPS) is 15.5. The Bertz CT molecular complexity index is 894. The lowest BCUT2D eigenvalue weighted by Crippen LogP contribution is -2.30. The molecule has 2 aromatic carbocycles. The number of hydrogen-bond donors (Lipinski definition) is 1. The lowest BCUT2D eigenvalue weighted by atomic mass is 10.1. The van der Waals surface area contributed by atoms with Crippen LogP contribution < -0.4 is 10.2 Å². The van der Waals surface area contributed by atoms with Gasteiger partial charge in [0.25, 0.3) is 5.91 Å². The number of nitrogens with one attached hydrogen (secondary N) is 1. The van der Waals surface area contributed by atoms with Gasteiger partial charge in [-0.15, -0.1) is 0 Å². The zero-order chi connectivity index (χ0) is 18.8. The average Bonchev–Trinajstić information content (AvgIpc) is 2.84. The third kappa shape index (κ3) is 3.92. The predicted molar refractivity (Wildman–Crippen MR) is 107 cm³/mol. The highest BCUT2D eigenvalue weighted by atomic mass is 79.9. The summed E-state index contributed by atoms with van der Waals surface area (Å²) in [7, 11) is 3.90. The van der Waals surface area contributed by atoms with Gasteiger partial charge in [-0.25, -0.2) is 4.79 Å². The smallest absolute Gasteiger partial charge is 0.329 e. The van der Waals surface area contributed by atoms with E-state index in [4.69, 9.17) is 11.6 Å². The van der Waals surface area contributed by atoms with Gasteiger partial charge in [-0.3, -0.25) is 9.69 Å². The molecule has 0 bridgehead atoms. The quantitative estimate of drug-likeness (QED) is 0.578. The molecule has 0 radical (unpaired) electrons. The van der Waals surface area contributed by atoms with Crippen LogP contribution in [0.5, 0.6) is 0 Å². The van der Waals surface area contributed by atoms with Crippen LogP contribution in [0.2, 0.25) is 5.02 Å². The van der Waals surface area contributed by atoms with Gasteiger partial charge in [0.2, 0.25) is 0 Å². The zero-order valence-electron chi connectivity index (χ0n) is 14.3. The van der Waals surface area contributed by atoms with Crippen LogP contribution in [0.3, 0.4) is 0 Å². The maximum Gasteiger partial charge on any atom is 0.329 e. The van der Waals surface area contributed by atoms with Crippen LogP contribution in [0, 0.1) is 0 Å². The van der Waals surface area contributed by atoms with Gasteiger partial charge in [-0.1, -0.05) is 29.8 Å². The highest BCUT2D eigenvalue weighted by Crippen LogP contribution is 2.27. The first-order valence-corrected chi connectivity index (χ1v) is 9.08. The number of benzene rings is 2. The number of anilines is 1. The highest BCUT2D eigenvalue weighted by molar-refractivity contribution is 9.10. The number of rotatable bonds is 4. The lowest BCUT2D eigenvalue weighted by molar-refractivity contribution is -0.123. The van der Waals surface area contributed by atoms with E-state index < -0.39 is 6.03 Å². The van der Waals surface area contributed by atoms with Crippen molar-refractivity contribution >= 4 is 51.2 Å². The first-order valence-electron chi connectivity index (χ1n) is 7.91. The third-order valence-electron chi connectivity index (χ3n) is 3.98. The number of halogens is 2. The number of hydrogen-bond acceptors (Lipinski definition) is 3. The molecule has 3 amide bonds. The largest absolute Gasteiger partial charge is 0.377 e. The van der Waals surface area contributed by atoms with Crippen LogP contribution in [-0.2, 0) is 11.3 Å². The summed E-state index contributed by atoms with van der Waals surface area (Å²) in [6.45, 7) is 0.197. The molecule has 1 heterocycles. The van der Waals surface area contributed by atoms with Crippen molar-refractivity contribution in [2.75, 3.05) is 19.0 Å². The molecule has 1 aliphatic rings. The Morgan fingerprint density at radius 1 is 1.15 bits per heavy atom.